The molecule has 0 aliphatic carbocycles. The number of hydrogen-bond donors (Lipinski definition) is 2. The molecule has 0 unspecified atom stereocenters. The Morgan fingerprint density at radius 3 is 2.38 bits per heavy atom. The Balaban J connectivity index is 0.00000338. The largest absolute Gasteiger partial charge is 0.417 e. The molecule has 2 N–H and O–H groups in total. The van der Waals surface area contributed by atoms with E-state index < -0.39 is 37.3 Å². The van der Waals surface area contributed by atoms with Gasteiger partial charge in [-0.05, 0) is 37.4 Å². The maximum absolute atomic E-state index is 13.2. The fraction of sp³-hybridized carbons (Fsp3) is 0.571. The Bertz CT molecular complexity index is 765. The van der Waals surface area contributed by atoms with Gasteiger partial charge in [0.25, 0.3) is 5.69 Å². The smallest absolute Gasteiger partial charge is 0.317 e. The van der Waals surface area contributed by atoms with Crippen molar-refractivity contribution in [3.8, 4) is 0 Å². The van der Waals surface area contributed by atoms with E-state index in [-0.39, 0.29) is 30.4 Å². The summed E-state index contributed by atoms with van der Waals surface area (Å²) in [5.41, 5.74) is -2.74. The number of halogens is 4. The number of nitro benzene ring substituents is 1. The molecule has 1 aromatic carbocycles. The van der Waals surface area contributed by atoms with Gasteiger partial charge in [0.05, 0.1) is 15.4 Å². The highest BCUT2D eigenvalue weighted by molar-refractivity contribution is 7.89. The Hall–Kier alpha value is -1.43. The minimum Gasteiger partial charge on any atom is -0.317 e. The van der Waals surface area contributed by atoms with Gasteiger partial charge in [-0.15, -0.1) is 12.4 Å². The molecule has 1 fully saturated rings. The Morgan fingerprint density at radius 1 is 1.31 bits per heavy atom. The lowest BCUT2D eigenvalue weighted by Crippen LogP contribution is -2.43. The van der Waals surface area contributed by atoms with Gasteiger partial charge in [0.2, 0.25) is 10.0 Å². The second-order valence-electron chi connectivity index (χ2n) is 6.32. The number of nitrogens with zero attached hydrogens (tertiary/aromatic N) is 1. The molecule has 0 saturated carbocycles. The zero-order valence-electron chi connectivity index (χ0n) is 13.8. The summed E-state index contributed by atoms with van der Waals surface area (Å²) in [7, 11) is -4.47. The van der Waals surface area contributed by atoms with E-state index in [1.54, 1.807) is 0 Å². The van der Waals surface area contributed by atoms with Crippen molar-refractivity contribution in [2.24, 2.45) is 5.41 Å². The minimum absolute atomic E-state index is 0. The van der Waals surface area contributed by atoms with Crippen molar-refractivity contribution in [2.75, 3.05) is 19.6 Å². The molecule has 1 aliphatic heterocycles. The van der Waals surface area contributed by atoms with Gasteiger partial charge in [-0.1, -0.05) is 6.92 Å². The van der Waals surface area contributed by atoms with E-state index in [4.69, 9.17) is 0 Å². The second kappa shape index (κ2) is 8.07. The number of nitrogens with one attached hydrogen (secondary N) is 2. The number of rotatable bonds is 5. The van der Waals surface area contributed by atoms with Crippen LogP contribution in [0.4, 0.5) is 18.9 Å². The lowest BCUT2D eigenvalue weighted by atomic mass is 9.81. The van der Waals surface area contributed by atoms with Gasteiger partial charge < -0.3 is 5.32 Å². The normalized spacial score (nSPS) is 17.4. The molecule has 0 bridgehead atoms. The average molecular weight is 418 g/mol. The van der Waals surface area contributed by atoms with Crippen LogP contribution in [0.15, 0.2) is 23.1 Å². The van der Waals surface area contributed by atoms with Crippen LogP contribution in [0.2, 0.25) is 0 Å². The highest BCUT2D eigenvalue weighted by Gasteiger charge is 2.39. The molecule has 148 valence electrons. The molecule has 1 aromatic rings. The molecule has 1 aliphatic rings. The van der Waals surface area contributed by atoms with E-state index in [9.17, 15) is 31.7 Å². The number of nitro groups is 1. The van der Waals surface area contributed by atoms with Crippen LogP contribution in [0.25, 0.3) is 0 Å². The fourth-order valence-corrected chi connectivity index (χ4v) is 4.05. The average Bonchev–Trinajstić information content (AvgIpc) is 2.52. The maximum atomic E-state index is 13.2. The van der Waals surface area contributed by atoms with E-state index in [1.165, 1.54) is 0 Å². The molecule has 12 heteroatoms. The first-order valence-electron chi connectivity index (χ1n) is 7.51. The van der Waals surface area contributed by atoms with Gasteiger partial charge >= 0.3 is 6.18 Å². The van der Waals surface area contributed by atoms with Crippen LogP contribution in [0.5, 0.6) is 0 Å². The number of non-ortho nitro benzene ring substituents is 1. The van der Waals surface area contributed by atoms with E-state index in [0.29, 0.717) is 32.0 Å². The van der Waals surface area contributed by atoms with E-state index in [2.05, 4.69) is 10.0 Å². The van der Waals surface area contributed by atoms with Gasteiger partial charge in [0.1, 0.15) is 0 Å². The molecule has 0 atom stereocenters. The van der Waals surface area contributed by atoms with E-state index in [0.717, 1.165) is 6.07 Å². The van der Waals surface area contributed by atoms with Crippen molar-refractivity contribution in [1.82, 2.24) is 10.0 Å². The van der Waals surface area contributed by atoms with Crippen LogP contribution >= 0.6 is 12.4 Å². The van der Waals surface area contributed by atoms with Crippen molar-refractivity contribution >= 4 is 28.1 Å². The topological polar surface area (TPSA) is 101 Å². The van der Waals surface area contributed by atoms with Crippen LogP contribution in [0.1, 0.15) is 25.3 Å². The molecule has 7 nitrogen and oxygen atoms in total. The van der Waals surface area contributed by atoms with Gasteiger partial charge in [-0.25, -0.2) is 13.1 Å². The third-order valence-corrected chi connectivity index (χ3v) is 5.73. The molecule has 1 saturated heterocycles. The molecular weight excluding hydrogens is 399 g/mol. The Morgan fingerprint density at radius 2 is 1.88 bits per heavy atom. The highest BCUT2D eigenvalue weighted by Crippen LogP contribution is 2.36. The molecule has 0 radical (unpaired) electrons. The quantitative estimate of drug-likeness (QED) is 0.566. The molecule has 1 heterocycles. The molecule has 2 rings (SSSR count). The summed E-state index contributed by atoms with van der Waals surface area (Å²) < 4.78 is 66.5. The number of benzene rings is 1. The third-order valence-electron chi connectivity index (χ3n) is 4.27. The maximum Gasteiger partial charge on any atom is 0.417 e. The van der Waals surface area contributed by atoms with Crippen molar-refractivity contribution in [1.29, 1.82) is 0 Å². The zero-order chi connectivity index (χ0) is 18.9. The Labute approximate surface area is 155 Å². The van der Waals surface area contributed by atoms with Gasteiger partial charge in [-0.3, -0.25) is 10.1 Å². The molecule has 0 amide bonds. The number of sulfonamides is 1. The SMILES string of the molecule is CC1(CNS(=O)(=O)c2ccc([N+](=O)[O-])cc2C(F)(F)F)CCNCC1.Cl. The minimum atomic E-state index is -5.03. The summed E-state index contributed by atoms with van der Waals surface area (Å²) in [5.74, 6) is 0. The molecular formula is C14H19ClF3N3O4S. The van der Waals surface area contributed by atoms with Crippen molar-refractivity contribution in [3.63, 3.8) is 0 Å². The van der Waals surface area contributed by atoms with Gasteiger partial charge in [0, 0.05) is 18.7 Å². The third kappa shape index (κ3) is 5.29. The van der Waals surface area contributed by atoms with Crippen molar-refractivity contribution in [2.45, 2.75) is 30.8 Å². The van der Waals surface area contributed by atoms with Gasteiger partial charge in [0.15, 0.2) is 0 Å². The summed E-state index contributed by atoms with van der Waals surface area (Å²) >= 11 is 0. The van der Waals surface area contributed by atoms with Crippen LogP contribution in [0, 0.1) is 15.5 Å². The van der Waals surface area contributed by atoms with Crippen molar-refractivity contribution < 1.29 is 26.5 Å². The van der Waals surface area contributed by atoms with Crippen molar-refractivity contribution in [3.05, 3.63) is 33.9 Å². The van der Waals surface area contributed by atoms with Crippen LogP contribution in [-0.2, 0) is 16.2 Å². The summed E-state index contributed by atoms with van der Waals surface area (Å²) in [6, 6.07) is 1.60. The van der Waals surface area contributed by atoms with Crippen LogP contribution in [-0.4, -0.2) is 33.0 Å². The lowest BCUT2D eigenvalue weighted by molar-refractivity contribution is -0.385. The zero-order valence-corrected chi connectivity index (χ0v) is 15.4. The molecule has 0 spiro atoms. The lowest BCUT2D eigenvalue weighted by Gasteiger charge is -2.34. The molecule has 26 heavy (non-hydrogen) atoms. The predicted octanol–water partition coefficient (Wildman–Crippen LogP) is 2.70. The Kier molecular flexibility index (Phi) is 7.02. The monoisotopic (exact) mass is 417 g/mol. The summed E-state index contributed by atoms with van der Waals surface area (Å²) in [6.07, 6.45) is -3.67. The first kappa shape index (κ1) is 22.6. The summed E-state index contributed by atoms with van der Waals surface area (Å²) in [4.78, 5) is 8.67. The number of piperidine rings is 1. The summed E-state index contributed by atoms with van der Waals surface area (Å²) in [6.45, 7) is 3.25. The van der Waals surface area contributed by atoms with E-state index in [1.807, 2.05) is 6.92 Å². The summed E-state index contributed by atoms with van der Waals surface area (Å²) in [5, 5.41) is 13.8. The van der Waals surface area contributed by atoms with Crippen LogP contribution < -0.4 is 10.0 Å². The number of alkyl halides is 3. The first-order chi connectivity index (χ1) is 11.4. The first-order valence-corrected chi connectivity index (χ1v) is 8.99. The predicted molar refractivity (Wildman–Crippen MR) is 90.7 cm³/mol. The van der Waals surface area contributed by atoms with Gasteiger partial charge in [-0.2, -0.15) is 13.2 Å². The van der Waals surface area contributed by atoms with Crippen LogP contribution in [0.3, 0.4) is 0 Å². The molecule has 0 aromatic heterocycles. The fourth-order valence-electron chi connectivity index (χ4n) is 2.64. The highest BCUT2D eigenvalue weighted by atomic mass is 35.5. The van der Waals surface area contributed by atoms with E-state index >= 15 is 0 Å². The number of hydrogen-bond acceptors (Lipinski definition) is 5. The second-order valence-corrected chi connectivity index (χ2v) is 8.06. The standard InChI is InChI=1S/C14H18F3N3O4S.ClH/c1-13(4-6-18-7-5-13)9-19-25(23,24)12-3-2-10(20(21)22)8-11(12)14(15,16)17;/h2-3,8,18-19H,4-7,9H2,1H3;1H.